The average Bonchev–Trinajstić information content (AvgIpc) is 3.52. The smallest absolute Gasteiger partial charge is 0.283 e. The minimum atomic E-state index is -0.428. The number of ether oxygens (including phenoxy) is 1. The van der Waals surface area contributed by atoms with E-state index in [-0.39, 0.29) is 11.4 Å². The van der Waals surface area contributed by atoms with Gasteiger partial charge < -0.3 is 9.30 Å². The van der Waals surface area contributed by atoms with Gasteiger partial charge in [0, 0.05) is 28.4 Å². The van der Waals surface area contributed by atoms with Gasteiger partial charge in [-0.3, -0.25) is 10.2 Å². The lowest BCUT2D eigenvalue weighted by Gasteiger charge is -2.24. The Bertz CT molecular complexity index is 1660. The molecule has 0 atom stereocenters. The lowest BCUT2D eigenvalue weighted by atomic mass is 10.1. The highest BCUT2D eigenvalue weighted by molar-refractivity contribution is 8.18. The molecule has 0 bridgehead atoms. The van der Waals surface area contributed by atoms with Gasteiger partial charge in [0.25, 0.3) is 5.91 Å². The van der Waals surface area contributed by atoms with E-state index in [2.05, 4.69) is 32.2 Å². The van der Waals surface area contributed by atoms with Gasteiger partial charge in [0.2, 0.25) is 5.17 Å². The number of nitrogens with one attached hydrogen (secondary N) is 1. The van der Waals surface area contributed by atoms with E-state index in [4.69, 9.17) is 10.1 Å². The molecule has 6 rings (SSSR count). The van der Waals surface area contributed by atoms with Crippen molar-refractivity contribution in [3.8, 4) is 5.75 Å². The SMILES string of the molecule is Cc1ccc(OCCn2cc(/C=C3/C(=N)N4C(SCc5ccccc5)=NSC4=NC3=O)c3ccccc32)cc1. The van der Waals surface area contributed by atoms with E-state index in [0.29, 0.717) is 29.2 Å². The summed E-state index contributed by atoms with van der Waals surface area (Å²) in [5, 5.41) is 11.0. The van der Waals surface area contributed by atoms with Gasteiger partial charge in [0.1, 0.15) is 18.2 Å². The summed E-state index contributed by atoms with van der Waals surface area (Å²) in [7, 11) is 0. The van der Waals surface area contributed by atoms with Crippen molar-refractivity contribution in [3.63, 3.8) is 0 Å². The Hall–Kier alpha value is -4.08. The minimum absolute atomic E-state index is 0.0915. The Kier molecular flexibility index (Phi) is 7.08. The molecule has 39 heavy (non-hydrogen) atoms. The second kappa shape index (κ2) is 11.0. The number of amidine groups is 3. The zero-order valence-electron chi connectivity index (χ0n) is 21.2. The van der Waals surface area contributed by atoms with E-state index in [1.807, 2.05) is 73.8 Å². The topological polar surface area (TPSA) is 83.0 Å². The molecule has 1 aromatic heterocycles. The molecule has 2 aliphatic heterocycles. The fourth-order valence-electron chi connectivity index (χ4n) is 4.44. The number of para-hydroxylation sites is 1. The number of carbonyl (C=O) groups excluding carboxylic acids is 1. The second-order valence-corrected chi connectivity index (χ2v) is 10.8. The van der Waals surface area contributed by atoms with Crippen LogP contribution >= 0.6 is 23.7 Å². The van der Waals surface area contributed by atoms with Crippen LogP contribution in [0.2, 0.25) is 0 Å². The maximum Gasteiger partial charge on any atom is 0.283 e. The van der Waals surface area contributed by atoms with Crippen molar-refractivity contribution < 1.29 is 9.53 Å². The molecule has 3 aromatic carbocycles. The highest BCUT2D eigenvalue weighted by Crippen LogP contribution is 2.34. The van der Waals surface area contributed by atoms with Crippen LogP contribution in [0.4, 0.5) is 0 Å². The van der Waals surface area contributed by atoms with Crippen LogP contribution < -0.4 is 4.74 Å². The third-order valence-corrected chi connectivity index (χ3v) is 8.27. The van der Waals surface area contributed by atoms with Crippen LogP contribution in [0.15, 0.2) is 100 Å². The van der Waals surface area contributed by atoms with Crippen LogP contribution in [-0.2, 0) is 17.1 Å². The van der Waals surface area contributed by atoms with Gasteiger partial charge in [-0.05, 0) is 36.8 Å². The Morgan fingerprint density at radius 2 is 1.79 bits per heavy atom. The number of hydrogen-bond acceptors (Lipinski definition) is 6. The van der Waals surface area contributed by atoms with Crippen molar-refractivity contribution >= 4 is 62.8 Å². The zero-order valence-corrected chi connectivity index (χ0v) is 22.8. The third-order valence-electron chi connectivity index (χ3n) is 6.45. The van der Waals surface area contributed by atoms with Gasteiger partial charge in [-0.2, -0.15) is 9.39 Å². The van der Waals surface area contributed by atoms with Crippen molar-refractivity contribution in [1.82, 2.24) is 9.47 Å². The fraction of sp³-hybridized carbons (Fsp3) is 0.133. The third kappa shape index (κ3) is 5.28. The first-order valence-corrected chi connectivity index (χ1v) is 14.3. The summed E-state index contributed by atoms with van der Waals surface area (Å²) in [6.07, 6.45) is 3.78. The fourth-order valence-corrected chi connectivity index (χ4v) is 6.24. The number of aromatic nitrogens is 1. The van der Waals surface area contributed by atoms with E-state index in [1.165, 1.54) is 17.3 Å². The molecule has 0 saturated heterocycles. The number of benzene rings is 3. The Balaban J connectivity index is 1.23. The largest absolute Gasteiger partial charge is 0.492 e. The standard InChI is InChI=1S/C30H25N5O2S2/c1-20-11-13-23(14-12-20)37-16-15-34-18-22(24-9-5-6-10-26(24)34)17-25-27(31)35-29(32-28(25)36)39-33-30(35)38-19-21-7-3-2-4-8-21/h2-14,17-18,31H,15-16,19H2,1H3/b25-17-,31-27?. The summed E-state index contributed by atoms with van der Waals surface area (Å²) < 4.78 is 12.6. The van der Waals surface area contributed by atoms with Crippen molar-refractivity contribution in [1.29, 1.82) is 5.41 Å². The first-order chi connectivity index (χ1) is 19.1. The number of fused-ring (bicyclic) bond motifs is 2. The average molecular weight is 552 g/mol. The quantitative estimate of drug-likeness (QED) is 0.208. The van der Waals surface area contributed by atoms with Crippen LogP contribution in [0.3, 0.4) is 0 Å². The number of hydrogen-bond donors (Lipinski definition) is 1. The van der Waals surface area contributed by atoms with Gasteiger partial charge in [0.05, 0.1) is 24.1 Å². The van der Waals surface area contributed by atoms with Crippen molar-refractivity contribution in [2.45, 2.75) is 19.2 Å². The highest BCUT2D eigenvalue weighted by atomic mass is 32.2. The molecule has 1 N–H and O–H groups in total. The Morgan fingerprint density at radius 3 is 2.62 bits per heavy atom. The summed E-state index contributed by atoms with van der Waals surface area (Å²) in [4.78, 5) is 18.9. The Labute approximate surface area is 234 Å². The molecule has 194 valence electrons. The molecular formula is C30H25N5O2S2. The van der Waals surface area contributed by atoms with E-state index in [1.54, 1.807) is 11.0 Å². The summed E-state index contributed by atoms with van der Waals surface area (Å²) >= 11 is 2.66. The van der Waals surface area contributed by atoms with Crippen LogP contribution in [0.5, 0.6) is 5.75 Å². The lowest BCUT2D eigenvalue weighted by molar-refractivity contribution is -0.114. The number of aryl methyl sites for hydroxylation is 1. The summed E-state index contributed by atoms with van der Waals surface area (Å²) in [5.74, 6) is 1.21. The Morgan fingerprint density at radius 1 is 1.03 bits per heavy atom. The first kappa shape index (κ1) is 25.2. The predicted molar refractivity (Wildman–Crippen MR) is 161 cm³/mol. The molecule has 0 spiro atoms. The molecule has 7 nitrogen and oxygen atoms in total. The zero-order chi connectivity index (χ0) is 26.8. The van der Waals surface area contributed by atoms with E-state index in [0.717, 1.165) is 39.7 Å². The predicted octanol–water partition coefficient (Wildman–Crippen LogP) is 6.54. The van der Waals surface area contributed by atoms with Crippen LogP contribution in [0.1, 0.15) is 16.7 Å². The lowest BCUT2D eigenvalue weighted by Crippen LogP contribution is -2.41. The van der Waals surface area contributed by atoms with Crippen LogP contribution in [0.25, 0.3) is 17.0 Å². The molecule has 3 heterocycles. The van der Waals surface area contributed by atoms with Crippen molar-refractivity contribution in [3.05, 3.63) is 107 Å². The highest BCUT2D eigenvalue weighted by Gasteiger charge is 2.37. The number of nitrogens with zero attached hydrogens (tertiary/aromatic N) is 4. The summed E-state index contributed by atoms with van der Waals surface area (Å²) in [6.45, 7) is 3.19. The first-order valence-electron chi connectivity index (χ1n) is 12.5. The van der Waals surface area contributed by atoms with Crippen LogP contribution in [0, 0.1) is 12.3 Å². The van der Waals surface area contributed by atoms with E-state index in [9.17, 15) is 4.79 Å². The molecule has 0 saturated carbocycles. The molecular weight excluding hydrogens is 526 g/mol. The maximum absolute atomic E-state index is 13.0. The molecule has 1 amide bonds. The van der Waals surface area contributed by atoms with Gasteiger partial charge in [-0.15, -0.1) is 0 Å². The minimum Gasteiger partial charge on any atom is -0.492 e. The number of amides is 1. The van der Waals surface area contributed by atoms with E-state index >= 15 is 0 Å². The monoisotopic (exact) mass is 551 g/mol. The molecule has 2 aliphatic rings. The summed E-state index contributed by atoms with van der Waals surface area (Å²) in [6, 6.07) is 26.2. The molecule has 9 heteroatoms. The second-order valence-electron chi connectivity index (χ2n) is 9.14. The van der Waals surface area contributed by atoms with Crippen molar-refractivity contribution in [2.24, 2.45) is 9.39 Å². The van der Waals surface area contributed by atoms with Crippen LogP contribution in [-0.4, -0.2) is 38.2 Å². The number of thioether (sulfide) groups is 1. The number of carbonyl (C=O) groups is 1. The number of rotatable bonds is 7. The molecule has 0 unspecified atom stereocenters. The van der Waals surface area contributed by atoms with E-state index < -0.39 is 5.91 Å². The molecule has 0 radical (unpaired) electrons. The van der Waals surface area contributed by atoms with Gasteiger partial charge in [-0.25, -0.2) is 4.90 Å². The maximum atomic E-state index is 13.0. The molecule has 0 fully saturated rings. The number of aliphatic imine (C=N–C) groups is 1. The van der Waals surface area contributed by atoms with Gasteiger partial charge in [0.15, 0.2) is 5.17 Å². The van der Waals surface area contributed by atoms with Gasteiger partial charge >= 0.3 is 0 Å². The molecule has 4 aromatic rings. The molecule has 0 aliphatic carbocycles. The van der Waals surface area contributed by atoms with Crippen molar-refractivity contribution in [2.75, 3.05) is 6.61 Å². The summed E-state index contributed by atoms with van der Waals surface area (Å²) in [5.41, 5.74) is 4.49. The normalized spacial score (nSPS) is 16.0. The van der Waals surface area contributed by atoms with Gasteiger partial charge in [-0.1, -0.05) is 78.0 Å².